The minimum absolute atomic E-state index is 0.0781. The molecular formula is C23H22N4O3. The molecule has 0 bridgehead atoms. The quantitative estimate of drug-likeness (QED) is 0.425. The molecule has 0 aliphatic heterocycles. The minimum atomic E-state index is -0.0781. The Labute approximate surface area is 174 Å². The van der Waals surface area contributed by atoms with Gasteiger partial charge in [-0.25, -0.2) is 0 Å². The number of hydrogen-bond donors (Lipinski definition) is 3. The van der Waals surface area contributed by atoms with E-state index in [1.165, 1.54) is 0 Å². The van der Waals surface area contributed by atoms with E-state index in [1.54, 1.807) is 26.5 Å². The van der Waals surface area contributed by atoms with Crippen molar-refractivity contribution in [1.29, 1.82) is 0 Å². The first-order valence-corrected chi connectivity index (χ1v) is 9.41. The number of hydrogen-bond acceptors (Lipinski definition) is 6. The summed E-state index contributed by atoms with van der Waals surface area (Å²) in [5.41, 5.74) is 5.37. The van der Waals surface area contributed by atoms with Gasteiger partial charge in [0, 0.05) is 17.7 Å². The molecule has 2 aromatic heterocycles. The molecule has 0 spiro atoms. The van der Waals surface area contributed by atoms with Gasteiger partial charge in [0.1, 0.15) is 11.5 Å². The molecular weight excluding hydrogens is 380 g/mol. The first-order valence-electron chi connectivity index (χ1n) is 9.41. The summed E-state index contributed by atoms with van der Waals surface area (Å²) in [4.78, 5) is 4.15. The number of methoxy groups -OCH3 is 2. The van der Waals surface area contributed by atoms with Crippen molar-refractivity contribution in [2.45, 2.75) is 6.61 Å². The third-order valence-electron chi connectivity index (χ3n) is 4.75. The molecule has 3 N–H and O–H groups in total. The maximum atomic E-state index is 9.08. The van der Waals surface area contributed by atoms with Gasteiger partial charge in [-0.05, 0) is 35.4 Å². The molecule has 0 amide bonds. The summed E-state index contributed by atoms with van der Waals surface area (Å²) in [5, 5.41) is 19.6. The summed E-state index contributed by atoms with van der Waals surface area (Å²) in [7, 11) is 3.29. The van der Waals surface area contributed by atoms with Crippen LogP contribution in [-0.4, -0.2) is 34.5 Å². The van der Waals surface area contributed by atoms with E-state index in [0.717, 1.165) is 39.6 Å². The molecule has 0 atom stereocenters. The molecule has 0 aliphatic carbocycles. The van der Waals surface area contributed by atoms with Gasteiger partial charge in [-0.2, -0.15) is 5.10 Å². The molecule has 0 radical (unpaired) electrons. The van der Waals surface area contributed by atoms with E-state index in [-0.39, 0.29) is 6.61 Å². The maximum Gasteiger partial charge on any atom is 0.152 e. The molecule has 2 aromatic carbocycles. The monoisotopic (exact) mass is 402 g/mol. The number of nitrogens with zero attached hydrogens (tertiary/aromatic N) is 2. The van der Waals surface area contributed by atoms with E-state index in [2.05, 4.69) is 20.5 Å². The predicted octanol–water partition coefficient (Wildman–Crippen LogP) is 4.39. The zero-order valence-electron chi connectivity index (χ0n) is 16.7. The van der Waals surface area contributed by atoms with Gasteiger partial charge in [-0.3, -0.25) is 10.1 Å². The highest BCUT2D eigenvalue weighted by atomic mass is 16.5. The van der Waals surface area contributed by atoms with Crippen LogP contribution in [0, 0.1) is 0 Å². The molecule has 4 rings (SSSR count). The Morgan fingerprint density at radius 3 is 2.40 bits per heavy atom. The van der Waals surface area contributed by atoms with Crippen LogP contribution in [0.15, 0.2) is 66.9 Å². The Bertz CT molecular complexity index is 1120. The second-order valence-electron chi connectivity index (χ2n) is 6.63. The number of benzene rings is 2. The van der Waals surface area contributed by atoms with E-state index < -0.39 is 0 Å². The van der Waals surface area contributed by atoms with Gasteiger partial charge in [0.15, 0.2) is 5.82 Å². The number of ether oxygens (including phenoxy) is 2. The third kappa shape index (κ3) is 4.11. The zero-order chi connectivity index (χ0) is 20.9. The van der Waals surface area contributed by atoms with Crippen molar-refractivity contribution in [3.05, 3.63) is 72.6 Å². The molecule has 7 nitrogen and oxygen atoms in total. The van der Waals surface area contributed by atoms with E-state index in [1.807, 2.05) is 54.6 Å². The number of nitrogens with one attached hydrogen (secondary N) is 2. The number of anilines is 2. The van der Waals surface area contributed by atoms with E-state index >= 15 is 0 Å². The van der Waals surface area contributed by atoms with Gasteiger partial charge in [-0.15, -0.1) is 0 Å². The maximum absolute atomic E-state index is 9.08. The van der Waals surface area contributed by atoms with Crippen molar-refractivity contribution in [3.8, 4) is 33.9 Å². The molecule has 2 heterocycles. The van der Waals surface area contributed by atoms with E-state index in [4.69, 9.17) is 14.6 Å². The number of rotatable bonds is 7. The molecule has 152 valence electrons. The number of aliphatic hydroxyl groups is 1. The second-order valence-corrected chi connectivity index (χ2v) is 6.63. The molecule has 7 heteroatoms. The van der Waals surface area contributed by atoms with Crippen molar-refractivity contribution in [1.82, 2.24) is 15.2 Å². The number of pyridine rings is 1. The molecule has 0 fully saturated rings. The highest BCUT2D eigenvalue weighted by Crippen LogP contribution is 2.34. The lowest BCUT2D eigenvalue weighted by molar-refractivity contribution is 0.277. The minimum Gasteiger partial charge on any atom is -0.497 e. The SMILES string of the molecule is COc1ccc(-c2ccc(-c3cc(Nc4ccc(CO)nc4)n[nH]3)cc2)c(OC)c1. The van der Waals surface area contributed by atoms with Crippen LogP contribution < -0.4 is 14.8 Å². The highest BCUT2D eigenvalue weighted by Gasteiger charge is 2.09. The number of aliphatic hydroxyl groups excluding tert-OH is 1. The van der Waals surface area contributed by atoms with Crippen molar-refractivity contribution >= 4 is 11.5 Å². The Morgan fingerprint density at radius 1 is 0.933 bits per heavy atom. The van der Waals surface area contributed by atoms with Crippen molar-refractivity contribution in [3.63, 3.8) is 0 Å². The summed E-state index contributed by atoms with van der Waals surface area (Å²) in [6, 6.07) is 19.5. The lowest BCUT2D eigenvalue weighted by atomic mass is 10.0. The van der Waals surface area contributed by atoms with Crippen LogP contribution in [-0.2, 0) is 6.61 Å². The van der Waals surface area contributed by atoms with Gasteiger partial charge < -0.3 is 19.9 Å². The summed E-state index contributed by atoms with van der Waals surface area (Å²) in [5.74, 6) is 2.20. The lowest BCUT2D eigenvalue weighted by Crippen LogP contribution is -1.93. The Balaban J connectivity index is 1.52. The normalized spacial score (nSPS) is 10.6. The molecule has 4 aromatic rings. The van der Waals surface area contributed by atoms with Crippen molar-refractivity contribution in [2.24, 2.45) is 0 Å². The topological polar surface area (TPSA) is 92.3 Å². The first-order chi connectivity index (χ1) is 14.7. The fourth-order valence-corrected chi connectivity index (χ4v) is 3.14. The number of H-pyrrole nitrogens is 1. The number of aromatic nitrogens is 3. The molecule has 30 heavy (non-hydrogen) atoms. The summed E-state index contributed by atoms with van der Waals surface area (Å²) in [6.45, 7) is -0.0781. The summed E-state index contributed by atoms with van der Waals surface area (Å²) >= 11 is 0. The highest BCUT2D eigenvalue weighted by molar-refractivity contribution is 5.75. The van der Waals surface area contributed by atoms with Crippen molar-refractivity contribution in [2.75, 3.05) is 19.5 Å². The van der Waals surface area contributed by atoms with Crippen LogP contribution in [0.2, 0.25) is 0 Å². The smallest absolute Gasteiger partial charge is 0.152 e. The fraction of sp³-hybridized carbons (Fsp3) is 0.130. The lowest BCUT2D eigenvalue weighted by Gasteiger charge is -2.11. The summed E-state index contributed by atoms with van der Waals surface area (Å²) in [6.07, 6.45) is 1.66. The van der Waals surface area contributed by atoms with Crippen LogP contribution in [0.25, 0.3) is 22.4 Å². The van der Waals surface area contributed by atoms with Gasteiger partial charge in [0.2, 0.25) is 0 Å². The van der Waals surface area contributed by atoms with Crippen LogP contribution in [0.1, 0.15) is 5.69 Å². The van der Waals surface area contributed by atoms with Gasteiger partial charge >= 0.3 is 0 Å². The zero-order valence-corrected chi connectivity index (χ0v) is 16.7. The van der Waals surface area contributed by atoms with Crippen LogP contribution in [0.3, 0.4) is 0 Å². The van der Waals surface area contributed by atoms with Gasteiger partial charge in [0.05, 0.1) is 44.1 Å². The average Bonchev–Trinajstić information content (AvgIpc) is 3.27. The van der Waals surface area contributed by atoms with Crippen LogP contribution in [0.4, 0.5) is 11.5 Å². The Hall–Kier alpha value is -3.84. The van der Waals surface area contributed by atoms with Crippen LogP contribution in [0.5, 0.6) is 11.5 Å². The molecule has 0 saturated carbocycles. The number of aromatic amines is 1. The predicted molar refractivity (Wildman–Crippen MR) is 116 cm³/mol. The Kier molecular flexibility index (Phi) is 5.63. The average molecular weight is 402 g/mol. The van der Waals surface area contributed by atoms with Crippen molar-refractivity contribution < 1.29 is 14.6 Å². The van der Waals surface area contributed by atoms with E-state index in [9.17, 15) is 0 Å². The Morgan fingerprint density at radius 2 is 1.73 bits per heavy atom. The van der Waals surface area contributed by atoms with Crippen LogP contribution >= 0.6 is 0 Å². The summed E-state index contributed by atoms with van der Waals surface area (Å²) < 4.78 is 10.8. The molecule has 0 saturated heterocycles. The molecule has 0 aliphatic rings. The third-order valence-corrected chi connectivity index (χ3v) is 4.75. The van der Waals surface area contributed by atoms with E-state index in [0.29, 0.717) is 11.5 Å². The largest absolute Gasteiger partial charge is 0.497 e. The second kappa shape index (κ2) is 8.67. The standard InChI is InChI=1S/C23H22N4O3/c1-29-19-9-10-20(22(11-19)30-2)15-3-5-16(6-4-15)21-12-23(27-26-21)25-17-7-8-18(14-28)24-13-17/h3-13,28H,14H2,1-2H3,(H2,25,26,27). The van der Waals surface area contributed by atoms with Gasteiger partial charge in [0.25, 0.3) is 0 Å². The fourth-order valence-electron chi connectivity index (χ4n) is 3.14. The van der Waals surface area contributed by atoms with Gasteiger partial charge in [-0.1, -0.05) is 24.3 Å². The molecule has 0 unspecified atom stereocenters. The first kappa shape index (κ1) is 19.5.